The lowest BCUT2D eigenvalue weighted by atomic mass is 9.97. The van der Waals surface area contributed by atoms with Crippen LogP contribution in [0.3, 0.4) is 0 Å². The Morgan fingerprint density at radius 2 is 1.78 bits per heavy atom. The molecular formula is C29H45N3O4. The first-order valence-electron chi connectivity index (χ1n) is 12.8. The number of benzene rings is 1. The van der Waals surface area contributed by atoms with Crippen molar-refractivity contribution in [3.05, 3.63) is 54.6 Å². The molecule has 2 N–H and O–H groups in total. The first-order chi connectivity index (χ1) is 16.8. The molecule has 0 radical (unpaired) electrons. The molecule has 1 rings (SSSR count). The van der Waals surface area contributed by atoms with Crippen molar-refractivity contribution < 1.29 is 19.1 Å². The van der Waals surface area contributed by atoms with Crippen LogP contribution in [-0.2, 0) is 14.3 Å². The Labute approximate surface area is 217 Å². The molecule has 200 valence electrons. The molecule has 0 aromatic heterocycles. The molecule has 1 aromatic rings. The second-order valence-electron chi connectivity index (χ2n) is 10.6. The number of carbonyl (C=O) groups is 3. The van der Waals surface area contributed by atoms with Crippen molar-refractivity contribution in [3.63, 3.8) is 0 Å². The molecule has 0 aliphatic carbocycles. The summed E-state index contributed by atoms with van der Waals surface area (Å²) < 4.78 is 5.41. The normalized spacial score (nSPS) is 13.8. The van der Waals surface area contributed by atoms with E-state index in [9.17, 15) is 14.4 Å². The van der Waals surface area contributed by atoms with Crippen LogP contribution in [0.1, 0.15) is 84.9 Å². The molecule has 3 amide bonds. The van der Waals surface area contributed by atoms with Gasteiger partial charge in [0.2, 0.25) is 11.8 Å². The van der Waals surface area contributed by atoms with Crippen LogP contribution in [0.15, 0.2) is 43.5 Å². The molecule has 7 heteroatoms. The molecule has 0 fully saturated rings. The summed E-state index contributed by atoms with van der Waals surface area (Å²) in [6.45, 7) is 21.0. The first-order valence-corrected chi connectivity index (χ1v) is 12.8. The average Bonchev–Trinajstić information content (AvgIpc) is 2.76. The third-order valence-corrected chi connectivity index (χ3v) is 5.44. The molecule has 36 heavy (non-hydrogen) atoms. The summed E-state index contributed by atoms with van der Waals surface area (Å²) in [5.41, 5.74) is 0.784. The molecule has 0 saturated heterocycles. The van der Waals surface area contributed by atoms with Gasteiger partial charge in [-0.25, -0.2) is 4.79 Å². The van der Waals surface area contributed by atoms with Crippen LogP contribution in [0.5, 0.6) is 0 Å². The Balaban J connectivity index is 3.49. The van der Waals surface area contributed by atoms with Crippen LogP contribution in [0.4, 0.5) is 4.79 Å². The number of nitrogens with zero attached hydrogens (tertiary/aromatic N) is 1. The van der Waals surface area contributed by atoms with Gasteiger partial charge in [-0.05, 0) is 63.6 Å². The second-order valence-corrected chi connectivity index (χ2v) is 10.6. The zero-order chi connectivity index (χ0) is 27.5. The van der Waals surface area contributed by atoms with Crippen molar-refractivity contribution in [1.82, 2.24) is 15.5 Å². The monoisotopic (exact) mass is 499 g/mol. The van der Waals surface area contributed by atoms with Gasteiger partial charge in [-0.3, -0.25) is 9.59 Å². The van der Waals surface area contributed by atoms with E-state index in [2.05, 4.69) is 30.7 Å². The molecular weight excluding hydrogens is 454 g/mol. The molecule has 0 spiro atoms. The van der Waals surface area contributed by atoms with Gasteiger partial charge in [0.25, 0.3) is 0 Å². The molecule has 0 saturated carbocycles. The summed E-state index contributed by atoms with van der Waals surface area (Å²) >= 11 is 0. The molecule has 1 aromatic carbocycles. The zero-order valence-electron chi connectivity index (χ0n) is 23.1. The standard InChI is InChI=1S/C29H45N3O4/c1-10-14-21(6)30-26(33)25(23-16-13-15-22(12-3)19-23)32(17-11-2)27(34)24(18-20(4)5)31-28(35)36-29(7,8)9/h11-13,15-16,19-21,24-25H,2-3,10,14,17-18H2,1,4-9H3,(H,30,33)(H,31,35). The number of nitrogens with one attached hydrogen (secondary N) is 2. The van der Waals surface area contributed by atoms with Crippen LogP contribution < -0.4 is 10.6 Å². The number of rotatable bonds is 13. The van der Waals surface area contributed by atoms with E-state index in [4.69, 9.17) is 4.74 Å². The molecule has 0 heterocycles. The quantitative estimate of drug-likeness (QED) is 0.344. The van der Waals surface area contributed by atoms with Crippen LogP contribution in [0, 0.1) is 5.92 Å². The number of hydrogen-bond acceptors (Lipinski definition) is 4. The van der Waals surface area contributed by atoms with Gasteiger partial charge < -0.3 is 20.3 Å². The van der Waals surface area contributed by atoms with Crippen molar-refractivity contribution in [3.8, 4) is 0 Å². The van der Waals surface area contributed by atoms with Gasteiger partial charge in [-0.15, -0.1) is 6.58 Å². The van der Waals surface area contributed by atoms with Crippen LogP contribution in [0.2, 0.25) is 0 Å². The zero-order valence-corrected chi connectivity index (χ0v) is 23.1. The van der Waals surface area contributed by atoms with E-state index in [0.717, 1.165) is 18.4 Å². The summed E-state index contributed by atoms with van der Waals surface area (Å²) in [7, 11) is 0. The number of carbonyl (C=O) groups excluding carboxylic acids is 3. The van der Waals surface area contributed by atoms with Crippen molar-refractivity contribution in [1.29, 1.82) is 0 Å². The summed E-state index contributed by atoms with van der Waals surface area (Å²) in [5, 5.41) is 5.80. The maximum Gasteiger partial charge on any atom is 0.408 e. The Hall–Kier alpha value is -3.09. The lowest BCUT2D eigenvalue weighted by Crippen LogP contribution is -2.54. The number of alkyl carbamates (subject to hydrolysis) is 1. The van der Waals surface area contributed by atoms with Gasteiger partial charge >= 0.3 is 6.09 Å². The van der Waals surface area contributed by atoms with Crippen molar-refractivity contribution in [2.45, 2.75) is 91.5 Å². The Morgan fingerprint density at radius 1 is 1.11 bits per heavy atom. The summed E-state index contributed by atoms with van der Waals surface area (Å²) in [4.78, 5) is 41.7. The number of ether oxygens (including phenoxy) is 1. The minimum Gasteiger partial charge on any atom is -0.444 e. The highest BCUT2D eigenvalue weighted by Gasteiger charge is 2.36. The van der Waals surface area contributed by atoms with Crippen LogP contribution >= 0.6 is 0 Å². The topological polar surface area (TPSA) is 87.7 Å². The molecule has 0 bridgehead atoms. The van der Waals surface area contributed by atoms with Crippen LogP contribution in [-0.4, -0.2) is 47.0 Å². The average molecular weight is 500 g/mol. The molecule has 3 unspecified atom stereocenters. The maximum absolute atomic E-state index is 14.0. The minimum atomic E-state index is -0.912. The minimum absolute atomic E-state index is 0.0559. The number of amides is 3. The van der Waals surface area contributed by atoms with Gasteiger partial charge in [0.05, 0.1) is 0 Å². The summed E-state index contributed by atoms with van der Waals surface area (Å²) in [5.74, 6) is -0.546. The highest BCUT2D eigenvalue weighted by molar-refractivity contribution is 5.92. The van der Waals surface area contributed by atoms with E-state index < -0.39 is 23.8 Å². The Kier molecular flexibility index (Phi) is 12.4. The third kappa shape index (κ3) is 10.3. The number of hydrogen-bond donors (Lipinski definition) is 2. The third-order valence-electron chi connectivity index (χ3n) is 5.44. The highest BCUT2D eigenvalue weighted by Crippen LogP contribution is 2.25. The Morgan fingerprint density at radius 3 is 2.31 bits per heavy atom. The van der Waals surface area contributed by atoms with E-state index in [-0.39, 0.29) is 30.3 Å². The lowest BCUT2D eigenvalue weighted by molar-refractivity contribution is -0.142. The fourth-order valence-corrected chi connectivity index (χ4v) is 3.96. The van der Waals surface area contributed by atoms with Gasteiger partial charge in [0.1, 0.15) is 17.7 Å². The van der Waals surface area contributed by atoms with Gasteiger partial charge in [-0.2, -0.15) is 0 Å². The van der Waals surface area contributed by atoms with Gasteiger partial charge in [0.15, 0.2) is 0 Å². The van der Waals surface area contributed by atoms with Crippen molar-refractivity contribution >= 4 is 24.0 Å². The van der Waals surface area contributed by atoms with E-state index in [0.29, 0.717) is 12.0 Å². The van der Waals surface area contributed by atoms with Crippen LogP contribution in [0.25, 0.3) is 6.08 Å². The summed E-state index contributed by atoms with van der Waals surface area (Å²) in [6.07, 6.45) is 4.74. The van der Waals surface area contributed by atoms with Gasteiger partial charge in [0, 0.05) is 12.6 Å². The molecule has 3 atom stereocenters. The lowest BCUT2D eigenvalue weighted by Gasteiger charge is -2.35. The van der Waals surface area contributed by atoms with E-state index in [1.807, 2.05) is 45.0 Å². The fraction of sp³-hybridized carbons (Fsp3) is 0.552. The fourth-order valence-electron chi connectivity index (χ4n) is 3.96. The second kappa shape index (κ2) is 14.5. The molecule has 0 aliphatic heterocycles. The molecule has 0 aliphatic rings. The SMILES string of the molecule is C=CCN(C(=O)C(CC(C)C)NC(=O)OC(C)(C)C)C(C(=O)NC(C)CCC)c1cccc(C=C)c1. The van der Waals surface area contributed by atoms with Crippen molar-refractivity contribution in [2.24, 2.45) is 5.92 Å². The van der Waals surface area contributed by atoms with E-state index in [1.54, 1.807) is 32.9 Å². The largest absolute Gasteiger partial charge is 0.444 e. The Bertz CT molecular complexity index is 904. The van der Waals surface area contributed by atoms with E-state index >= 15 is 0 Å². The maximum atomic E-state index is 14.0. The molecule has 7 nitrogen and oxygen atoms in total. The van der Waals surface area contributed by atoms with E-state index in [1.165, 1.54) is 4.90 Å². The predicted molar refractivity (Wildman–Crippen MR) is 146 cm³/mol. The first kappa shape index (κ1) is 30.9. The smallest absolute Gasteiger partial charge is 0.408 e. The predicted octanol–water partition coefficient (Wildman–Crippen LogP) is 5.63. The highest BCUT2D eigenvalue weighted by atomic mass is 16.6. The van der Waals surface area contributed by atoms with Crippen molar-refractivity contribution in [2.75, 3.05) is 6.54 Å². The van der Waals surface area contributed by atoms with Gasteiger partial charge in [-0.1, -0.05) is 64.1 Å². The summed E-state index contributed by atoms with van der Waals surface area (Å²) in [6, 6.07) is 5.56.